The van der Waals surface area contributed by atoms with E-state index in [2.05, 4.69) is 30.9 Å². The van der Waals surface area contributed by atoms with Gasteiger partial charge in [-0.1, -0.05) is 17.7 Å². The minimum atomic E-state index is 0.0460. The summed E-state index contributed by atoms with van der Waals surface area (Å²) in [4.78, 5) is 34.4. The van der Waals surface area contributed by atoms with Crippen LogP contribution >= 0.6 is 11.6 Å². The third-order valence-electron chi connectivity index (χ3n) is 6.53. The molecule has 1 saturated heterocycles. The van der Waals surface area contributed by atoms with Gasteiger partial charge in [0.15, 0.2) is 0 Å². The summed E-state index contributed by atoms with van der Waals surface area (Å²) in [6.07, 6.45) is 7.21. The Hall–Kier alpha value is -3.10. The molecule has 3 aliphatic rings. The van der Waals surface area contributed by atoms with E-state index in [1.807, 2.05) is 17.0 Å². The van der Waals surface area contributed by atoms with Crippen molar-refractivity contribution < 1.29 is 9.53 Å². The van der Waals surface area contributed by atoms with Crippen molar-refractivity contribution in [3.8, 4) is 11.3 Å². The summed E-state index contributed by atoms with van der Waals surface area (Å²) in [7, 11) is 0. The predicted octanol–water partition coefficient (Wildman–Crippen LogP) is 3.24. The average Bonchev–Trinajstić information content (AvgIpc) is 3.55. The highest BCUT2D eigenvalue weighted by atomic mass is 35.5. The molecular weight excluding hydrogens is 428 g/mol. The van der Waals surface area contributed by atoms with Crippen LogP contribution in [0.3, 0.4) is 0 Å². The number of carbonyl (C=O) groups excluding carboxylic acids is 1. The zero-order chi connectivity index (χ0) is 21.7. The number of anilines is 2. The zero-order valence-electron chi connectivity index (χ0n) is 17.4. The number of fused-ring (bicyclic) bond motifs is 2. The van der Waals surface area contributed by atoms with Crippen molar-refractivity contribution in [3.05, 3.63) is 59.3 Å². The number of aromatic nitrogens is 4. The van der Waals surface area contributed by atoms with Gasteiger partial charge in [-0.15, -0.1) is 0 Å². The Morgan fingerprint density at radius 2 is 1.81 bits per heavy atom. The zero-order valence-corrected chi connectivity index (χ0v) is 18.1. The van der Waals surface area contributed by atoms with Crippen LogP contribution in [-0.2, 0) is 10.2 Å². The largest absolute Gasteiger partial charge is 0.378 e. The quantitative estimate of drug-likeness (QED) is 0.568. The lowest BCUT2D eigenvalue weighted by Gasteiger charge is -2.27. The summed E-state index contributed by atoms with van der Waals surface area (Å²) in [5.41, 5.74) is 4.61. The second kappa shape index (κ2) is 7.50. The molecule has 1 saturated carbocycles. The third kappa shape index (κ3) is 3.30. The van der Waals surface area contributed by atoms with E-state index in [4.69, 9.17) is 16.3 Å². The number of benzene rings is 1. The highest BCUT2D eigenvalue weighted by Gasteiger charge is 2.52. The lowest BCUT2D eigenvalue weighted by Crippen LogP contribution is -2.40. The van der Waals surface area contributed by atoms with Crippen LogP contribution in [0.1, 0.15) is 28.8 Å². The first-order valence-electron chi connectivity index (χ1n) is 10.7. The van der Waals surface area contributed by atoms with Gasteiger partial charge in [-0.2, -0.15) is 0 Å². The molecule has 9 heteroatoms. The van der Waals surface area contributed by atoms with Gasteiger partial charge >= 0.3 is 0 Å². The maximum Gasteiger partial charge on any atom is 0.254 e. The predicted molar refractivity (Wildman–Crippen MR) is 119 cm³/mol. The second-order valence-electron chi connectivity index (χ2n) is 8.50. The van der Waals surface area contributed by atoms with Crippen LogP contribution in [0.25, 0.3) is 11.3 Å². The van der Waals surface area contributed by atoms with E-state index in [0.29, 0.717) is 48.7 Å². The molecule has 2 aromatic heterocycles. The molecule has 8 nitrogen and oxygen atoms in total. The summed E-state index contributed by atoms with van der Waals surface area (Å²) < 4.78 is 5.38. The number of ether oxygens (including phenoxy) is 1. The number of hydrogen-bond acceptors (Lipinski definition) is 7. The first-order valence-corrected chi connectivity index (χ1v) is 11.1. The van der Waals surface area contributed by atoms with Gasteiger partial charge in [-0.05, 0) is 30.5 Å². The van der Waals surface area contributed by atoms with Gasteiger partial charge in [-0.25, -0.2) is 19.9 Å². The van der Waals surface area contributed by atoms with Crippen molar-refractivity contribution in [1.29, 1.82) is 0 Å². The van der Waals surface area contributed by atoms with Crippen molar-refractivity contribution in [2.24, 2.45) is 0 Å². The van der Waals surface area contributed by atoms with E-state index in [9.17, 15) is 4.79 Å². The van der Waals surface area contributed by atoms with E-state index in [-0.39, 0.29) is 11.3 Å². The van der Waals surface area contributed by atoms with Crippen LogP contribution in [0.5, 0.6) is 0 Å². The average molecular weight is 449 g/mol. The van der Waals surface area contributed by atoms with E-state index < -0.39 is 0 Å². The first kappa shape index (κ1) is 19.6. The number of rotatable bonds is 3. The molecular formula is C23H21ClN6O2. The molecule has 1 spiro atoms. The van der Waals surface area contributed by atoms with E-state index in [0.717, 1.165) is 30.6 Å². The fourth-order valence-electron chi connectivity index (χ4n) is 4.60. The Bertz CT molecular complexity index is 1190. The van der Waals surface area contributed by atoms with E-state index in [1.165, 1.54) is 11.9 Å². The number of hydrogen-bond donors (Lipinski definition) is 0. The fraction of sp³-hybridized carbons (Fsp3) is 0.348. The van der Waals surface area contributed by atoms with Crippen molar-refractivity contribution in [1.82, 2.24) is 24.8 Å². The molecule has 2 fully saturated rings. The van der Waals surface area contributed by atoms with Crippen LogP contribution < -0.4 is 4.90 Å². The lowest BCUT2D eigenvalue weighted by molar-refractivity contribution is 0.0303. The molecule has 0 N–H and O–H groups in total. The Morgan fingerprint density at radius 3 is 2.53 bits per heavy atom. The molecule has 4 heterocycles. The molecule has 1 aliphatic carbocycles. The smallest absolute Gasteiger partial charge is 0.254 e. The summed E-state index contributed by atoms with van der Waals surface area (Å²) in [6.45, 7) is 3.26. The molecule has 32 heavy (non-hydrogen) atoms. The minimum absolute atomic E-state index is 0.0460. The van der Waals surface area contributed by atoms with Gasteiger partial charge in [0.1, 0.15) is 11.5 Å². The fourth-order valence-corrected chi connectivity index (χ4v) is 4.75. The number of amides is 1. The maximum absolute atomic E-state index is 13.0. The lowest BCUT2D eigenvalue weighted by atomic mass is 9.97. The Kier molecular flexibility index (Phi) is 4.58. The van der Waals surface area contributed by atoms with Crippen molar-refractivity contribution in [3.63, 3.8) is 0 Å². The van der Waals surface area contributed by atoms with E-state index in [1.54, 1.807) is 18.5 Å². The topological polar surface area (TPSA) is 84.3 Å². The minimum Gasteiger partial charge on any atom is -0.378 e. The number of morpholine rings is 1. The van der Waals surface area contributed by atoms with Crippen molar-refractivity contribution in [2.75, 3.05) is 37.7 Å². The van der Waals surface area contributed by atoms with Crippen molar-refractivity contribution >= 4 is 29.1 Å². The van der Waals surface area contributed by atoms with Crippen LogP contribution in [-0.4, -0.2) is 63.6 Å². The standard InChI is InChI=1S/C23H21ClN6O2/c24-20-10-18(27-14-28-20)16-11-25-22(26-12-16)30-13-23(3-4-23)17-2-1-15(9-19(17)30)21(31)29-5-7-32-8-6-29/h1-2,9-12,14H,3-8,13H2. The molecule has 0 radical (unpaired) electrons. The summed E-state index contributed by atoms with van der Waals surface area (Å²) >= 11 is 5.98. The van der Waals surface area contributed by atoms with Crippen LogP contribution in [0.4, 0.5) is 11.6 Å². The van der Waals surface area contributed by atoms with Crippen LogP contribution in [0, 0.1) is 0 Å². The van der Waals surface area contributed by atoms with Gasteiger partial charge in [0.2, 0.25) is 5.95 Å². The molecule has 0 bridgehead atoms. The number of halogens is 1. The Morgan fingerprint density at radius 1 is 1.03 bits per heavy atom. The van der Waals surface area contributed by atoms with Gasteiger partial charge in [-0.3, -0.25) is 4.79 Å². The summed E-state index contributed by atoms with van der Waals surface area (Å²) in [5.74, 6) is 0.666. The highest BCUT2D eigenvalue weighted by molar-refractivity contribution is 6.29. The van der Waals surface area contributed by atoms with Crippen molar-refractivity contribution in [2.45, 2.75) is 18.3 Å². The normalized spacial score (nSPS) is 18.7. The first-order chi connectivity index (χ1) is 15.6. The third-order valence-corrected chi connectivity index (χ3v) is 6.74. The van der Waals surface area contributed by atoms with Crippen LogP contribution in [0.2, 0.25) is 5.15 Å². The molecule has 1 aromatic carbocycles. The number of carbonyl (C=O) groups is 1. The van der Waals surface area contributed by atoms with Crippen LogP contribution in [0.15, 0.2) is 43.0 Å². The SMILES string of the molecule is O=C(c1ccc2c(c1)N(c1ncc(-c3cc(Cl)ncn3)cn1)CC21CC1)N1CCOCC1. The molecule has 0 unspecified atom stereocenters. The van der Waals surface area contributed by atoms with Gasteiger partial charge in [0.05, 0.1) is 18.9 Å². The summed E-state index contributed by atoms with van der Waals surface area (Å²) in [6, 6.07) is 7.77. The summed E-state index contributed by atoms with van der Waals surface area (Å²) in [5, 5.41) is 0.376. The monoisotopic (exact) mass is 448 g/mol. The Labute approximate surface area is 190 Å². The molecule has 162 valence electrons. The highest BCUT2D eigenvalue weighted by Crippen LogP contribution is 2.57. The second-order valence-corrected chi connectivity index (χ2v) is 8.89. The Balaban J connectivity index is 1.32. The molecule has 0 atom stereocenters. The maximum atomic E-state index is 13.0. The molecule has 6 rings (SSSR count). The van der Waals surface area contributed by atoms with E-state index >= 15 is 0 Å². The van der Waals surface area contributed by atoms with Gasteiger partial charge in [0, 0.05) is 60.3 Å². The van der Waals surface area contributed by atoms with Gasteiger partial charge < -0.3 is 14.5 Å². The van der Waals surface area contributed by atoms with Gasteiger partial charge in [0.25, 0.3) is 5.91 Å². The molecule has 2 aliphatic heterocycles. The molecule has 3 aromatic rings. The number of nitrogens with zero attached hydrogens (tertiary/aromatic N) is 6. The molecule has 1 amide bonds.